The van der Waals surface area contributed by atoms with Crippen LogP contribution in [0.15, 0.2) is 63.8 Å². The molecule has 0 radical (unpaired) electrons. The molecule has 0 saturated carbocycles. The number of sulfonamides is 1. The van der Waals surface area contributed by atoms with Crippen LogP contribution in [-0.4, -0.2) is 8.42 Å². The first-order chi connectivity index (χ1) is 11.0. The Labute approximate surface area is 132 Å². The van der Waals surface area contributed by atoms with Crippen molar-refractivity contribution in [2.45, 2.75) is 12.3 Å². The molecule has 1 N–H and O–H groups in total. The number of benzene rings is 1. The first-order valence-electron chi connectivity index (χ1n) is 6.85. The molecule has 120 valence electrons. The van der Waals surface area contributed by atoms with Crippen molar-refractivity contribution in [3.05, 3.63) is 72.1 Å². The Bertz CT molecular complexity index is 884. The molecule has 23 heavy (non-hydrogen) atoms. The Hall–Kier alpha value is -2.38. The van der Waals surface area contributed by atoms with E-state index in [1.807, 2.05) is 0 Å². The van der Waals surface area contributed by atoms with Gasteiger partial charge in [-0.1, -0.05) is 12.1 Å². The maximum atomic E-state index is 13.1. The largest absolute Gasteiger partial charge is 0.472 e. The van der Waals surface area contributed by atoms with E-state index in [1.54, 1.807) is 24.3 Å². The van der Waals surface area contributed by atoms with Gasteiger partial charge in [0, 0.05) is 0 Å². The van der Waals surface area contributed by atoms with Crippen molar-refractivity contribution in [3.63, 3.8) is 0 Å². The summed E-state index contributed by atoms with van der Waals surface area (Å²) in [7, 11) is -3.59. The van der Waals surface area contributed by atoms with Crippen LogP contribution in [0.25, 0.3) is 11.3 Å². The number of halogens is 1. The topological polar surface area (TPSA) is 72.5 Å². The van der Waals surface area contributed by atoms with Crippen molar-refractivity contribution in [1.82, 2.24) is 4.72 Å². The number of rotatable bonds is 6. The predicted octanol–water partition coefficient (Wildman–Crippen LogP) is 3.30. The summed E-state index contributed by atoms with van der Waals surface area (Å²) in [5.74, 6) is 0.315. The van der Waals surface area contributed by atoms with Gasteiger partial charge in [0.1, 0.15) is 23.6 Å². The zero-order valence-corrected chi connectivity index (χ0v) is 12.8. The Morgan fingerprint density at radius 2 is 2.00 bits per heavy atom. The van der Waals surface area contributed by atoms with E-state index in [9.17, 15) is 12.8 Å². The molecule has 2 aromatic heterocycles. The third-order valence-electron chi connectivity index (χ3n) is 3.18. The highest BCUT2D eigenvalue weighted by molar-refractivity contribution is 7.88. The number of hydrogen-bond acceptors (Lipinski definition) is 4. The summed E-state index contributed by atoms with van der Waals surface area (Å²) in [4.78, 5) is 0. The van der Waals surface area contributed by atoms with Crippen LogP contribution in [0.5, 0.6) is 0 Å². The molecule has 2 heterocycles. The minimum Gasteiger partial charge on any atom is -0.472 e. The molecule has 3 aromatic rings. The van der Waals surface area contributed by atoms with E-state index in [-0.39, 0.29) is 12.3 Å². The fourth-order valence-corrected chi connectivity index (χ4v) is 3.19. The normalized spacial score (nSPS) is 11.7. The number of hydrogen-bond donors (Lipinski definition) is 1. The first kappa shape index (κ1) is 15.5. The van der Waals surface area contributed by atoms with Crippen molar-refractivity contribution in [2.24, 2.45) is 0 Å². The molecule has 0 aliphatic carbocycles. The second-order valence-electron chi connectivity index (χ2n) is 4.99. The molecule has 5 nitrogen and oxygen atoms in total. The molecule has 0 saturated heterocycles. The molecule has 0 bridgehead atoms. The molecule has 0 amide bonds. The second-order valence-corrected chi connectivity index (χ2v) is 6.79. The molecule has 3 rings (SSSR count). The quantitative estimate of drug-likeness (QED) is 0.750. The van der Waals surface area contributed by atoms with Crippen LogP contribution >= 0.6 is 0 Å². The van der Waals surface area contributed by atoms with Gasteiger partial charge >= 0.3 is 0 Å². The lowest BCUT2D eigenvalue weighted by Crippen LogP contribution is -2.24. The first-order valence-corrected chi connectivity index (χ1v) is 8.50. The van der Waals surface area contributed by atoms with E-state index >= 15 is 0 Å². The molecule has 7 heteroatoms. The van der Waals surface area contributed by atoms with E-state index in [0.717, 1.165) is 5.56 Å². The molecule has 0 spiro atoms. The number of nitrogens with one attached hydrogen (secondary N) is 1. The molecule has 0 aliphatic heterocycles. The minimum absolute atomic E-state index is 0.0233. The molecular weight excluding hydrogens is 321 g/mol. The molecular formula is C16H14FNO4S. The van der Waals surface area contributed by atoms with E-state index in [2.05, 4.69) is 4.72 Å². The van der Waals surface area contributed by atoms with Crippen molar-refractivity contribution in [1.29, 1.82) is 0 Å². The van der Waals surface area contributed by atoms with Gasteiger partial charge < -0.3 is 8.83 Å². The van der Waals surface area contributed by atoms with Crippen LogP contribution in [0, 0.1) is 5.82 Å². The summed E-state index contributed by atoms with van der Waals surface area (Å²) < 4.78 is 50.1. The average Bonchev–Trinajstić information content (AvgIpc) is 3.16. The van der Waals surface area contributed by atoms with Gasteiger partial charge in [0.15, 0.2) is 0 Å². The van der Waals surface area contributed by atoms with E-state index in [0.29, 0.717) is 17.1 Å². The van der Waals surface area contributed by atoms with E-state index < -0.39 is 15.8 Å². The minimum atomic E-state index is -3.59. The van der Waals surface area contributed by atoms with Crippen LogP contribution in [0.3, 0.4) is 0 Å². The lowest BCUT2D eigenvalue weighted by atomic mass is 10.2. The molecule has 0 atom stereocenters. The highest BCUT2D eigenvalue weighted by atomic mass is 32.2. The molecule has 1 aromatic carbocycles. The van der Waals surface area contributed by atoms with Crippen molar-refractivity contribution >= 4 is 10.0 Å². The van der Waals surface area contributed by atoms with Crippen LogP contribution in [0.4, 0.5) is 4.39 Å². The molecule has 0 aliphatic rings. The predicted molar refractivity (Wildman–Crippen MR) is 82.3 cm³/mol. The zero-order chi connectivity index (χ0) is 16.3. The van der Waals surface area contributed by atoms with E-state index in [1.165, 1.54) is 30.7 Å². The average molecular weight is 335 g/mol. The van der Waals surface area contributed by atoms with Gasteiger partial charge in [0.25, 0.3) is 0 Å². The second kappa shape index (κ2) is 6.39. The van der Waals surface area contributed by atoms with Crippen LogP contribution in [0.1, 0.15) is 11.3 Å². The van der Waals surface area contributed by atoms with Gasteiger partial charge in [0.05, 0.1) is 24.1 Å². The van der Waals surface area contributed by atoms with Gasteiger partial charge in [0.2, 0.25) is 10.0 Å². The fourth-order valence-electron chi connectivity index (χ4n) is 2.11. The van der Waals surface area contributed by atoms with Crippen LogP contribution in [-0.2, 0) is 22.3 Å². The van der Waals surface area contributed by atoms with Gasteiger partial charge in [-0.2, -0.15) is 0 Å². The molecule has 0 fully saturated rings. The lowest BCUT2D eigenvalue weighted by molar-refractivity contribution is 0.507. The van der Waals surface area contributed by atoms with Crippen LogP contribution in [0.2, 0.25) is 0 Å². The third kappa shape index (κ3) is 4.08. The summed E-state index contributed by atoms with van der Waals surface area (Å²) in [5.41, 5.74) is 1.16. The lowest BCUT2D eigenvalue weighted by Gasteiger charge is -2.05. The van der Waals surface area contributed by atoms with Crippen molar-refractivity contribution in [3.8, 4) is 11.3 Å². The SMILES string of the molecule is O=S(=O)(Cc1cccc(F)c1)NCc1ccc(-c2ccoc2)o1. The maximum absolute atomic E-state index is 13.1. The smallest absolute Gasteiger partial charge is 0.216 e. The van der Waals surface area contributed by atoms with Gasteiger partial charge in [-0.3, -0.25) is 0 Å². The monoisotopic (exact) mass is 335 g/mol. The number of furan rings is 2. The van der Waals surface area contributed by atoms with Crippen molar-refractivity contribution < 1.29 is 21.6 Å². The van der Waals surface area contributed by atoms with Crippen LogP contribution < -0.4 is 4.72 Å². The Morgan fingerprint density at radius 1 is 1.13 bits per heavy atom. The maximum Gasteiger partial charge on any atom is 0.216 e. The summed E-state index contributed by atoms with van der Waals surface area (Å²) in [5, 5.41) is 0. The zero-order valence-electron chi connectivity index (χ0n) is 12.0. The Kier molecular flexibility index (Phi) is 4.31. The van der Waals surface area contributed by atoms with Gasteiger partial charge in [-0.25, -0.2) is 17.5 Å². The summed E-state index contributed by atoms with van der Waals surface area (Å²) >= 11 is 0. The van der Waals surface area contributed by atoms with Crippen molar-refractivity contribution in [2.75, 3.05) is 0 Å². The fraction of sp³-hybridized carbons (Fsp3) is 0.125. The Morgan fingerprint density at radius 3 is 2.74 bits per heavy atom. The third-order valence-corrected chi connectivity index (χ3v) is 4.48. The summed E-state index contributed by atoms with van der Waals surface area (Å²) in [6.07, 6.45) is 3.07. The standard InChI is InChI=1S/C16H14FNO4S/c17-14-3-1-2-12(8-14)11-23(19,20)18-9-15-4-5-16(22-15)13-6-7-21-10-13/h1-8,10,18H,9,11H2. The summed E-state index contributed by atoms with van der Waals surface area (Å²) in [6.45, 7) is 0.0233. The Balaban J connectivity index is 1.63. The highest BCUT2D eigenvalue weighted by Crippen LogP contribution is 2.22. The molecule has 0 unspecified atom stereocenters. The summed E-state index contributed by atoms with van der Waals surface area (Å²) in [6, 6.07) is 10.7. The van der Waals surface area contributed by atoms with Gasteiger partial charge in [-0.05, 0) is 35.9 Å². The van der Waals surface area contributed by atoms with E-state index in [4.69, 9.17) is 8.83 Å². The van der Waals surface area contributed by atoms with Gasteiger partial charge in [-0.15, -0.1) is 0 Å². The highest BCUT2D eigenvalue weighted by Gasteiger charge is 2.13.